The summed E-state index contributed by atoms with van der Waals surface area (Å²) in [5.41, 5.74) is 2.30. The first-order chi connectivity index (χ1) is 12.7. The van der Waals surface area contributed by atoms with E-state index < -0.39 is 4.92 Å². The summed E-state index contributed by atoms with van der Waals surface area (Å²) in [7, 11) is 0. The number of ether oxygens (including phenoxy) is 1. The van der Waals surface area contributed by atoms with E-state index in [1.54, 1.807) is 11.6 Å². The highest BCUT2D eigenvalue weighted by atomic mass is 32.1. The summed E-state index contributed by atoms with van der Waals surface area (Å²) in [4.78, 5) is 18.3. The zero-order chi connectivity index (χ0) is 17.9. The molecule has 9 heteroatoms. The van der Waals surface area contributed by atoms with Crippen molar-refractivity contribution in [2.24, 2.45) is 0 Å². The van der Waals surface area contributed by atoms with Gasteiger partial charge >= 0.3 is 5.82 Å². The molecule has 0 spiro atoms. The lowest BCUT2D eigenvalue weighted by molar-refractivity contribution is -0.389. The molecule has 0 saturated carbocycles. The van der Waals surface area contributed by atoms with E-state index in [0.29, 0.717) is 17.3 Å². The van der Waals surface area contributed by atoms with Gasteiger partial charge in [0.15, 0.2) is 0 Å². The monoisotopic (exact) mass is 373 g/mol. The number of rotatable bonds is 6. The van der Waals surface area contributed by atoms with Crippen molar-refractivity contribution in [3.63, 3.8) is 0 Å². The number of morpholine rings is 1. The minimum Gasteiger partial charge on any atom is -0.379 e. The molecule has 0 aliphatic carbocycles. The number of imidazole rings is 1. The number of nitro groups is 1. The van der Waals surface area contributed by atoms with Gasteiger partial charge in [0.2, 0.25) is 5.82 Å². The van der Waals surface area contributed by atoms with Crippen LogP contribution in [0, 0.1) is 10.1 Å². The van der Waals surface area contributed by atoms with Gasteiger partial charge in [0.05, 0.1) is 13.2 Å². The van der Waals surface area contributed by atoms with Gasteiger partial charge in [-0.1, -0.05) is 35.6 Å². The smallest absolute Gasteiger partial charge is 0.372 e. The molecule has 0 atom stereocenters. The maximum absolute atomic E-state index is 11.4. The van der Waals surface area contributed by atoms with Crippen LogP contribution < -0.4 is 5.32 Å². The molecular weight excluding hydrogens is 354 g/mol. The van der Waals surface area contributed by atoms with E-state index in [1.807, 2.05) is 12.1 Å². The van der Waals surface area contributed by atoms with Gasteiger partial charge in [-0.2, -0.15) is 9.38 Å². The minimum atomic E-state index is -0.399. The fourth-order valence-electron chi connectivity index (χ4n) is 3.11. The summed E-state index contributed by atoms with van der Waals surface area (Å²) in [6.45, 7) is 4.82. The predicted octanol–water partition coefficient (Wildman–Crippen LogP) is 2.75. The fourth-order valence-corrected chi connectivity index (χ4v) is 3.82. The summed E-state index contributed by atoms with van der Waals surface area (Å²) in [5, 5.41) is 16.3. The van der Waals surface area contributed by atoms with Crippen LogP contribution in [0.5, 0.6) is 0 Å². The van der Waals surface area contributed by atoms with E-state index in [1.165, 1.54) is 21.3 Å². The Bertz CT molecular complexity index is 916. The first-order valence-electron chi connectivity index (χ1n) is 8.42. The molecule has 1 fully saturated rings. The molecule has 3 heterocycles. The lowest BCUT2D eigenvalue weighted by Gasteiger charge is -2.26. The third-order valence-corrected chi connectivity index (χ3v) is 5.13. The summed E-state index contributed by atoms with van der Waals surface area (Å²) < 4.78 is 6.88. The van der Waals surface area contributed by atoms with E-state index in [4.69, 9.17) is 4.74 Å². The molecule has 1 aliphatic rings. The van der Waals surface area contributed by atoms with Crippen LogP contribution in [0.1, 0.15) is 11.1 Å². The molecule has 2 aromatic heterocycles. The number of nitrogens with one attached hydrogen (secondary N) is 1. The second-order valence-electron chi connectivity index (χ2n) is 6.16. The van der Waals surface area contributed by atoms with Crippen LogP contribution in [0.25, 0.3) is 4.96 Å². The normalized spacial score (nSPS) is 15.4. The lowest BCUT2D eigenvalue weighted by Crippen LogP contribution is -2.35. The van der Waals surface area contributed by atoms with Crippen LogP contribution in [-0.2, 0) is 17.8 Å². The molecule has 8 nitrogen and oxygen atoms in total. The highest BCUT2D eigenvalue weighted by molar-refractivity contribution is 7.15. The zero-order valence-electron chi connectivity index (χ0n) is 14.1. The van der Waals surface area contributed by atoms with Crippen LogP contribution in [0.4, 0.5) is 11.6 Å². The molecule has 0 amide bonds. The Morgan fingerprint density at radius 3 is 2.92 bits per heavy atom. The van der Waals surface area contributed by atoms with Crippen LogP contribution in [0.2, 0.25) is 0 Å². The molecule has 26 heavy (non-hydrogen) atoms. The number of nitrogens with zero attached hydrogens (tertiary/aromatic N) is 4. The van der Waals surface area contributed by atoms with Crippen molar-refractivity contribution in [2.45, 2.75) is 13.1 Å². The molecule has 1 aromatic carbocycles. The fraction of sp³-hybridized carbons (Fsp3) is 0.353. The molecule has 0 bridgehead atoms. The molecule has 1 N–H and O–H groups in total. The van der Waals surface area contributed by atoms with Crippen LogP contribution >= 0.6 is 11.3 Å². The Kier molecular flexibility index (Phi) is 4.83. The van der Waals surface area contributed by atoms with E-state index >= 15 is 0 Å². The minimum absolute atomic E-state index is 0.0225. The largest absolute Gasteiger partial charge is 0.379 e. The van der Waals surface area contributed by atoms with Crippen molar-refractivity contribution >= 4 is 27.9 Å². The highest BCUT2D eigenvalue weighted by Crippen LogP contribution is 2.28. The van der Waals surface area contributed by atoms with Crippen molar-refractivity contribution in [3.8, 4) is 0 Å². The summed E-state index contributed by atoms with van der Waals surface area (Å²) >= 11 is 1.37. The van der Waals surface area contributed by atoms with Crippen molar-refractivity contribution in [1.29, 1.82) is 0 Å². The molecule has 0 unspecified atom stereocenters. The number of anilines is 1. The van der Waals surface area contributed by atoms with E-state index in [-0.39, 0.29) is 5.82 Å². The number of aromatic nitrogens is 2. The standard InChI is InChI=1S/C17H19N5O3S/c23-22(24)16-15(19-17-21(16)6-9-26-17)18-11-13-2-1-3-14(10-13)12-20-4-7-25-8-5-20/h1-3,6,9-10,18H,4-5,7-8,11-12H2. The van der Waals surface area contributed by atoms with Crippen LogP contribution in [0.15, 0.2) is 35.8 Å². The van der Waals surface area contributed by atoms with E-state index in [0.717, 1.165) is 38.4 Å². The number of hydrogen-bond donors (Lipinski definition) is 1. The van der Waals surface area contributed by atoms with Gasteiger partial charge in [-0.25, -0.2) is 0 Å². The van der Waals surface area contributed by atoms with Crippen molar-refractivity contribution < 1.29 is 9.66 Å². The first-order valence-corrected chi connectivity index (χ1v) is 9.30. The molecule has 136 valence electrons. The number of benzene rings is 1. The summed E-state index contributed by atoms with van der Waals surface area (Å²) in [5.74, 6) is 0.283. The first kappa shape index (κ1) is 17.0. The third-order valence-electron chi connectivity index (χ3n) is 4.37. The summed E-state index contributed by atoms with van der Waals surface area (Å²) in [6.07, 6.45) is 1.67. The van der Waals surface area contributed by atoms with E-state index in [9.17, 15) is 10.1 Å². The molecule has 4 rings (SSSR count). The van der Waals surface area contributed by atoms with Crippen LogP contribution in [0.3, 0.4) is 0 Å². The average Bonchev–Trinajstić information content (AvgIpc) is 3.21. The van der Waals surface area contributed by atoms with E-state index in [2.05, 4.69) is 27.3 Å². The van der Waals surface area contributed by atoms with Gasteiger partial charge in [0, 0.05) is 31.6 Å². The van der Waals surface area contributed by atoms with Crippen molar-refractivity contribution in [3.05, 3.63) is 57.1 Å². The van der Waals surface area contributed by atoms with Gasteiger partial charge in [0.1, 0.15) is 6.20 Å². The Morgan fingerprint density at radius 1 is 1.31 bits per heavy atom. The second kappa shape index (κ2) is 7.40. The summed E-state index contributed by atoms with van der Waals surface area (Å²) in [6, 6.07) is 8.27. The van der Waals surface area contributed by atoms with Gasteiger partial charge in [-0.15, -0.1) is 0 Å². The Balaban J connectivity index is 1.46. The Labute approximate surface area is 154 Å². The molecule has 1 aliphatic heterocycles. The number of hydrogen-bond acceptors (Lipinski definition) is 7. The van der Waals surface area contributed by atoms with Gasteiger partial charge in [-0.3, -0.25) is 4.90 Å². The van der Waals surface area contributed by atoms with Crippen molar-refractivity contribution in [2.75, 3.05) is 31.6 Å². The van der Waals surface area contributed by atoms with Crippen LogP contribution in [-0.4, -0.2) is 45.5 Å². The molecule has 0 radical (unpaired) electrons. The Hall–Kier alpha value is -2.49. The Morgan fingerprint density at radius 2 is 2.12 bits per heavy atom. The second-order valence-corrected chi connectivity index (χ2v) is 7.03. The maximum atomic E-state index is 11.4. The average molecular weight is 373 g/mol. The quantitative estimate of drug-likeness (QED) is 0.528. The van der Waals surface area contributed by atoms with Gasteiger partial charge in [-0.05, 0) is 16.1 Å². The SMILES string of the molecule is O=[N+]([O-])c1c(NCc2cccc(CN3CCOCC3)c2)nc2sccn12. The van der Waals surface area contributed by atoms with Crippen molar-refractivity contribution in [1.82, 2.24) is 14.3 Å². The molecular formula is C17H19N5O3S. The topological polar surface area (TPSA) is 84.9 Å². The molecule has 3 aromatic rings. The zero-order valence-corrected chi connectivity index (χ0v) is 14.9. The number of thiazole rings is 1. The van der Waals surface area contributed by atoms with Gasteiger partial charge in [0.25, 0.3) is 4.96 Å². The van der Waals surface area contributed by atoms with Gasteiger partial charge < -0.3 is 20.2 Å². The highest BCUT2D eigenvalue weighted by Gasteiger charge is 2.23. The lowest BCUT2D eigenvalue weighted by atomic mass is 10.1. The number of fused-ring (bicyclic) bond motifs is 1. The third kappa shape index (κ3) is 3.55. The molecule has 1 saturated heterocycles. The maximum Gasteiger partial charge on any atom is 0.372 e. The predicted molar refractivity (Wildman–Crippen MR) is 99.6 cm³/mol.